The van der Waals surface area contributed by atoms with Gasteiger partial charge in [-0.1, -0.05) is 6.07 Å². The Morgan fingerprint density at radius 2 is 2.17 bits per heavy atom. The Labute approximate surface area is 104 Å². The van der Waals surface area contributed by atoms with Gasteiger partial charge in [-0.05, 0) is 30.3 Å². The molecular formula is C14H11FN2O. The summed E-state index contributed by atoms with van der Waals surface area (Å²) in [6.07, 6.45) is 3.46. The fourth-order valence-electron chi connectivity index (χ4n) is 1.93. The number of halogens is 1. The van der Waals surface area contributed by atoms with E-state index < -0.39 is 6.04 Å². The van der Waals surface area contributed by atoms with E-state index in [2.05, 4.69) is 4.98 Å². The van der Waals surface area contributed by atoms with Gasteiger partial charge in [0.25, 0.3) is 0 Å². The molecule has 3 rings (SSSR count). The van der Waals surface area contributed by atoms with Gasteiger partial charge in [0, 0.05) is 17.8 Å². The number of nitrogens with zero attached hydrogens (tertiary/aromatic N) is 1. The maximum Gasteiger partial charge on any atom is 0.132 e. The van der Waals surface area contributed by atoms with Crippen molar-refractivity contribution in [3.05, 3.63) is 65.4 Å². The average Bonchev–Trinajstić information content (AvgIpc) is 2.68. The number of ether oxygens (including phenoxy) is 1. The van der Waals surface area contributed by atoms with Gasteiger partial charge in [-0.25, -0.2) is 4.39 Å². The number of pyridine rings is 1. The second-order valence-corrected chi connectivity index (χ2v) is 4.06. The largest absolute Gasteiger partial charge is 0.459 e. The average molecular weight is 242 g/mol. The van der Waals surface area contributed by atoms with E-state index in [4.69, 9.17) is 10.5 Å². The Kier molecular flexibility index (Phi) is 2.57. The third-order valence-electron chi connectivity index (χ3n) is 2.82. The van der Waals surface area contributed by atoms with E-state index in [0.29, 0.717) is 17.1 Å². The van der Waals surface area contributed by atoms with Crippen molar-refractivity contribution in [3.63, 3.8) is 0 Å². The molecule has 1 unspecified atom stereocenters. The Balaban J connectivity index is 1.97. The SMILES string of the molecule is NC1/C(=C/c2ccccn2)Oc2ccc(F)cc21. The van der Waals surface area contributed by atoms with Gasteiger partial charge in [-0.2, -0.15) is 0 Å². The zero-order valence-corrected chi connectivity index (χ0v) is 9.51. The lowest BCUT2D eigenvalue weighted by Gasteiger charge is -2.03. The van der Waals surface area contributed by atoms with E-state index in [0.717, 1.165) is 5.69 Å². The number of rotatable bonds is 1. The predicted molar refractivity (Wildman–Crippen MR) is 66.2 cm³/mol. The predicted octanol–water partition coefficient (Wildman–Crippen LogP) is 2.65. The molecule has 3 nitrogen and oxygen atoms in total. The number of fused-ring (bicyclic) bond motifs is 1. The number of hydrogen-bond acceptors (Lipinski definition) is 3. The summed E-state index contributed by atoms with van der Waals surface area (Å²) >= 11 is 0. The minimum atomic E-state index is -0.447. The van der Waals surface area contributed by atoms with Crippen molar-refractivity contribution in [3.8, 4) is 5.75 Å². The van der Waals surface area contributed by atoms with Gasteiger partial charge in [0.05, 0.1) is 11.7 Å². The van der Waals surface area contributed by atoms with Crippen LogP contribution in [0.2, 0.25) is 0 Å². The first kappa shape index (κ1) is 10.9. The van der Waals surface area contributed by atoms with Crippen LogP contribution in [-0.2, 0) is 0 Å². The molecule has 0 spiro atoms. The van der Waals surface area contributed by atoms with Crippen LogP contribution in [0.1, 0.15) is 17.3 Å². The standard InChI is InChI=1S/C14H11FN2O/c15-9-4-5-12-11(7-9)14(16)13(18-12)8-10-3-1-2-6-17-10/h1-8,14H,16H2/b13-8-. The molecule has 1 aromatic heterocycles. The lowest BCUT2D eigenvalue weighted by atomic mass is 10.1. The first-order valence-electron chi connectivity index (χ1n) is 5.59. The van der Waals surface area contributed by atoms with E-state index in [-0.39, 0.29) is 5.82 Å². The Morgan fingerprint density at radius 3 is 2.94 bits per heavy atom. The highest BCUT2D eigenvalue weighted by molar-refractivity contribution is 5.56. The molecule has 2 aromatic rings. The molecule has 4 heteroatoms. The minimum absolute atomic E-state index is 0.313. The van der Waals surface area contributed by atoms with Crippen molar-refractivity contribution in [2.24, 2.45) is 5.73 Å². The van der Waals surface area contributed by atoms with Crippen molar-refractivity contribution in [1.82, 2.24) is 4.98 Å². The first-order chi connectivity index (χ1) is 8.74. The number of nitrogens with two attached hydrogens (primary N) is 1. The Hall–Kier alpha value is -2.20. The number of benzene rings is 1. The van der Waals surface area contributed by atoms with Gasteiger partial charge < -0.3 is 10.5 Å². The molecule has 1 atom stereocenters. The van der Waals surface area contributed by atoms with Gasteiger partial charge in [0.15, 0.2) is 0 Å². The monoisotopic (exact) mass is 242 g/mol. The first-order valence-corrected chi connectivity index (χ1v) is 5.59. The van der Waals surface area contributed by atoms with Crippen molar-refractivity contribution >= 4 is 6.08 Å². The molecule has 0 fully saturated rings. The van der Waals surface area contributed by atoms with Crippen LogP contribution in [0.15, 0.2) is 48.4 Å². The van der Waals surface area contributed by atoms with Crippen LogP contribution >= 0.6 is 0 Å². The third kappa shape index (κ3) is 1.87. The molecule has 1 aliphatic heterocycles. The second-order valence-electron chi connectivity index (χ2n) is 4.06. The lowest BCUT2D eigenvalue weighted by molar-refractivity contribution is 0.434. The normalized spacial score (nSPS) is 19.7. The fourth-order valence-corrected chi connectivity index (χ4v) is 1.93. The molecule has 18 heavy (non-hydrogen) atoms. The van der Waals surface area contributed by atoms with Crippen LogP contribution < -0.4 is 10.5 Å². The highest BCUT2D eigenvalue weighted by Crippen LogP contribution is 2.38. The Bertz CT molecular complexity index is 610. The van der Waals surface area contributed by atoms with Crippen molar-refractivity contribution in [1.29, 1.82) is 0 Å². The van der Waals surface area contributed by atoms with Gasteiger partial charge in [0.2, 0.25) is 0 Å². The van der Waals surface area contributed by atoms with Crippen LogP contribution in [0.4, 0.5) is 4.39 Å². The van der Waals surface area contributed by atoms with E-state index in [1.807, 2.05) is 18.2 Å². The third-order valence-corrected chi connectivity index (χ3v) is 2.82. The molecule has 0 amide bonds. The molecule has 0 aliphatic carbocycles. The van der Waals surface area contributed by atoms with E-state index in [1.54, 1.807) is 18.3 Å². The van der Waals surface area contributed by atoms with Gasteiger partial charge in [0.1, 0.15) is 17.3 Å². The summed E-state index contributed by atoms with van der Waals surface area (Å²) in [5.74, 6) is 0.868. The smallest absolute Gasteiger partial charge is 0.132 e. The molecule has 0 saturated carbocycles. The molecule has 90 valence electrons. The van der Waals surface area contributed by atoms with Crippen molar-refractivity contribution < 1.29 is 9.13 Å². The summed E-state index contributed by atoms with van der Waals surface area (Å²) in [5.41, 5.74) is 7.44. The van der Waals surface area contributed by atoms with Gasteiger partial charge in [-0.3, -0.25) is 4.98 Å². The van der Waals surface area contributed by atoms with Crippen LogP contribution in [0, 0.1) is 5.82 Å². The molecule has 0 saturated heterocycles. The van der Waals surface area contributed by atoms with Crippen LogP contribution in [0.5, 0.6) is 5.75 Å². The van der Waals surface area contributed by atoms with E-state index in [1.165, 1.54) is 12.1 Å². The van der Waals surface area contributed by atoms with Crippen LogP contribution in [0.3, 0.4) is 0 Å². The van der Waals surface area contributed by atoms with Crippen molar-refractivity contribution in [2.75, 3.05) is 0 Å². The maximum atomic E-state index is 13.1. The zero-order valence-electron chi connectivity index (χ0n) is 9.51. The summed E-state index contributed by atoms with van der Waals surface area (Å²) < 4.78 is 18.8. The highest BCUT2D eigenvalue weighted by Gasteiger charge is 2.26. The quantitative estimate of drug-likeness (QED) is 0.836. The summed E-state index contributed by atoms with van der Waals surface area (Å²) in [4.78, 5) is 4.17. The topological polar surface area (TPSA) is 48.1 Å². The lowest BCUT2D eigenvalue weighted by Crippen LogP contribution is -2.09. The number of hydrogen-bond donors (Lipinski definition) is 1. The van der Waals surface area contributed by atoms with Gasteiger partial charge >= 0.3 is 0 Å². The number of aromatic nitrogens is 1. The van der Waals surface area contributed by atoms with E-state index in [9.17, 15) is 4.39 Å². The van der Waals surface area contributed by atoms with Crippen molar-refractivity contribution in [2.45, 2.75) is 6.04 Å². The highest BCUT2D eigenvalue weighted by atomic mass is 19.1. The molecular weight excluding hydrogens is 231 g/mol. The molecule has 1 aliphatic rings. The van der Waals surface area contributed by atoms with Crippen LogP contribution in [-0.4, -0.2) is 4.98 Å². The van der Waals surface area contributed by atoms with Gasteiger partial charge in [-0.15, -0.1) is 0 Å². The summed E-state index contributed by atoms with van der Waals surface area (Å²) in [6, 6.07) is 9.47. The van der Waals surface area contributed by atoms with E-state index >= 15 is 0 Å². The molecule has 0 bridgehead atoms. The molecule has 1 aromatic carbocycles. The van der Waals surface area contributed by atoms with Crippen LogP contribution in [0.25, 0.3) is 6.08 Å². The summed E-state index contributed by atoms with van der Waals surface area (Å²) in [6.45, 7) is 0. The second kappa shape index (κ2) is 4.23. The molecule has 0 radical (unpaired) electrons. The fraction of sp³-hybridized carbons (Fsp3) is 0.0714. The minimum Gasteiger partial charge on any atom is -0.459 e. The zero-order chi connectivity index (χ0) is 12.5. The maximum absolute atomic E-state index is 13.1. The Morgan fingerprint density at radius 1 is 1.28 bits per heavy atom. The molecule has 2 heterocycles. The molecule has 2 N–H and O–H groups in total. The summed E-state index contributed by atoms with van der Waals surface area (Å²) in [5, 5.41) is 0. The summed E-state index contributed by atoms with van der Waals surface area (Å²) in [7, 11) is 0.